The van der Waals surface area contributed by atoms with Crippen molar-refractivity contribution in [1.29, 1.82) is 0 Å². The number of halogens is 1. The molecule has 0 spiro atoms. The van der Waals surface area contributed by atoms with Crippen molar-refractivity contribution in [2.24, 2.45) is 0 Å². The largest absolute Gasteiger partial charge is 0.308 e. The highest BCUT2D eigenvalue weighted by Gasteiger charge is 2.27. The average molecular weight is 451 g/mol. The summed E-state index contributed by atoms with van der Waals surface area (Å²) in [6.45, 7) is 2.65. The summed E-state index contributed by atoms with van der Waals surface area (Å²) in [5.41, 5.74) is 6.12. The Balaban J connectivity index is 2.14. The highest BCUT2D eigenvalue weighted by Crippen LogP contribution is 2.43. The van der Waals surface area contributed by atoms with Gasteiger partial charge in [-0.3, -0.25) is 4.79 Å². The number of para-hydroxylation sites is 1. The molecule has 3 aromatic carbocycles. The third kappa shape index (κ3) is 2.76. The lowest BCUT2D eigenvalue weighted by molar-refractivity contribution is 0.0988. The fourth-order valence-electron chi connectivity index (χ4n) is 3.49. The zero-order chi connectivity index (χ0) is 18.1. The van der Waals surface area contributed by atoms with E-state index in [9.17, 15) is 4.79 Å². The summed E-state index contributed by atoms with van der Waals surface area (Å²) in [5, 5.41) is 0. The van der Waals surface area contributed by atoms with Crippen molar-refractivity contribution < 1.29 is 4.79 Å². The first-order valence-electron chi connectivity index (χ1n) is 8.68. The quantitative estimate of drug-likeness (QED) is 0.437. The van der Waals surface area contributed by atoms with E-state index >= 15 is 0 Å². The van der Waals surface area contributed by atoms with Crippen LogP contribution in [0.1, 0.15) is 34.0 Å². The topological polar surface area (TPSA) is 20.3 Å². The number of carbonyl (C=O) groups is 1. The molecule has 26 heavy (non-hydrogen) atoms. The van der Waals surface area contributed by atoms with Crippen LogP contribution in [0.4, 0.5) is 5.69 Å². The third-order valence-corrected chi connectivity index (χ3v) is 5.82. The van der Waals surface area contributed by atoms with Gasteiger partial charge in [-0.05, 0) is 47.2 Å². The summed E-state index contributed by atoms with van der Waals surface area (Å²) >= 11 is 2.39. The second-order valence-electron chi connectivity index (χ2n) is 6.17. The van der Waals surface area contributed by atoms with Crippen molar-refractivity contribution >= 4 is 43.3 Å². The Morgan fingerprint density at radius 3 is 2.04 bits per heavy atom. The van der Waals surface area contributed by atoms with Crippen LogP contribution in [-0.2, 0) is 0 Å². The highest BCUT2D eigenvalue weighted by molar-refractivity contribution is 14.1. The molecule has 3 heteroatoms. The van der Waals surface area contributed by atoms with Crippen LogP contribution in [0.2, 0.25) is 0 Å². The Hall–Kier alpha value is -2.40. The summed E-state index contributed by atoms with van der Waals surface area (Å²) in [6.07, 6.45) is 0. The first kappa shape index (κ1) is 17.0. The number of hydrogen-bond acceptors (Lipinski definition) is 1. The van der Waals surface area contributed by atoms with Crippen molar-refractivity contribution in [3.63, 3.8) is 0 Å². The molecule has 3 aromatic rings. The van der Waals surface area contributed by atoms with Crippen LogP contribution < -0.4 is 4.90 Å². The molecule has 2 nitrogen and oxygen atoms in total. The number of hydrogen-bond donors (Lipinski definition) is 0. The number of amides is 1. The number of benzene rings is 3. The molecule has 4 rings (SSSR count). The van der Waals surface area contributed by atoms with E-state index in [2.05, 4.69) is 52.9 Å². The Morgan fingerprint density at radius 1 is 0.769 bits per heavy atom. The van der Waals surface area contributed by atoms with Crippen LogP contribution >= 0.6 is 22.6 Å². The summed E-state index contributed by atoms with van der Waals surface area (Å²) < 4.78 is 1.10. The lowest BCUT2D eigenvalue weighted by Gasteiger charge is -2.29. The second-order valence-corrected chi connectivity index (χ2v) is 7.25. The maximum atomic E-state index is 13.3. The fraction of sp³-hybridized carbons (Fsp3) is 0.0870. The number of fused-ring (bicyclic) bond motifs is 2. The van der Waals surface area contributed by atoms with Crippen molar-refractivity contribution in [1.82, 2.24) is 0 Å². The van der Waals surface area contributed by atoms with Gasteiger partial charge in [0.15, 0.2) is 0 Å². The van der Waals surface area contributed by atoms with Gasteiger partial charge in [-0.15, -0.1) is 0 Å². The van der Waals surface area contributed by atoms with Gasteiger partial charge in [0.1, 0.15) is 0 Å². The lowest BCUT2D eigenvalue weighted by Crippen LogP contribution is -2.32. The third-order valence-electron chi connectivity index (χ3n) is 4.70. The molecule has 0 radical (unpaired) electrons. The Morgan fingerprint density at radius 2 is 1.35 bits per heavy atom. The number of nitrogens with zero attached hydrogens (tertiary/aromatic N) is 1. The van der Waals surface area contributed by atoms with Crippen LogP contribution in [-0.4, -0.2) is 12.5 Å². The predicted molar refractivity (Wildman–Crippen MR) is 117 cm³/mol. The van der Waals surface area contributed by atoms with E-state index in [0.717, 1.165) is 31.5 Å². The molecule has 0 fully saturated rings. The zero-order valence-electron chi connectivity index (χ0n) is 14.4. The van der Waals surface area contributed by atoms with Gasteiger partial charge in [0.2, 0.25) is 0 Å². The number of carbonyl (C=O) groups excluding carboxylic acids is 1. The van der Waals surface area contributed by atoms with Gasteiger partial charge in [0, 0.05) is 32.4 Å². The minimum absolute atomic E-state index is 0.0526. The first-order chi connectivity index (χ1) is 12.7. The number of anilines is 1. The summed E-state index contributed by atoms with van der Waals surface area (Å²) in [5.74, 6) is 0.0526. The van der Waals surface area contributed by atoms with Crippen LogP contribution in [0.5, 0.6) is 0 Å². The molecule has 0 bridgehead atoms. The van der Waals surface area contributed by atoms with E-state index in [1.165, 1.54) is 5.57 Å². The Labute approximate surface area is 167 Å². The molecule has 0 atom stereocenters. The minimum atomic E-state index is 0.0526. The number of rotatable bonds is 2. The Kier molecular flexibility index (Phi) is 4.64. The van der Waals surface area contributed by atoms with E-state index in [4.69, 9.17) is 0 Å². The van der Waals surface area contributed by atoms with Crippen molar-refractivity contribution in [2.75, 3.05) is 11.4 Å². The molecule has 0 saturated heterocycles. The molecule has 0 N–H and O–H groups in total. The van der Waals surface area contributed by atoms with Crippen LogP contribution in [0.3, 0.4) is 0 Å². The van der Waals surface area contributed by atoms with Crippen molar-refractivity contribution in [3.05, 3.63) is 101 Å². The van der Waals surface area contributed by atoms with E-state index in [-0.39, 0.29) is 5.91 Å². The lowest BCUT2D eigenvalue weighted by atomic mass is 9.90. The van der Waals surface area contributed by atoms with Crippen LogP contribution in [0.15, 0.2) is 78.9 Å². The highest BCUT2D eigenvalue weighted by atomic mass is 127. The normalized spacial score (nSPS) is 16.5. The van der Waals surface area contributed by atoms with Gasteiger partial charge in [0.25, 0.3) is 5.91 Å². The summed E-state index contributed by atoms with van der Waals surface area (Å²) in [4.78, 5) is 15.1. The monoisotopic (exact) mass is 451 g/mol. The van der Waals surface area contributed by atoms with E-state index in [1.54, 1.807) is 0 Å². The standard InChI is InChI=1S/C23H18INO/c1-2-25-20-15-9-8-14-19(20)21(16-10-4-3-5-11-16)22(24)17-12-6-7-13-18(17)23(25)26/h3-15H,2H2,1H3/b22-21+. The molecular formula is C23H18INO. The van der Waals surface area contributed by atoms with Gasteiger partial charge in [0.05, 0.1) is 5.69 Å². The zero-order valence-corrected chi connectivity index (χ0v) is 16.6. The maximum Gasteiger partial charge on any atom is 0.258 e. The van der Waals surface area contributed by atoms with Crippen LogP contribution in [0, 0.1) is 0 Å². The van der Waals surface area contributed by atoms with Gasteiger partial charge in [-0.1, -0.05) is 66.7 Å². The molecule has 128 valence electrons. The molecule has 1 aliphatic heterocycles. The van der Waals surface area contributed by atoms with E-state index in [1.807, 2.05) is 60.4 Å². The van der Waals surface area contributed by atoms with Gasteiger partial charge >= 0.3 is 0 Å². The predicted octanol–water partition coefficient (Wildman–Crippen LogP) is 6.02. The second kappa shape index (κ2) is 7.08. The Bertz CT molecular complexity index is 1010. The SMILES string of the molecule is CCN1C(=O)c2ccccc2/C(I)=C(/c2ccccc2)c2ccccc21. The van der Waals surface area contributed by atoms with Gasteiger partial charge < -0.3 is 4.90 Å². The summed E-state index contributed by atoms with van der Waals surface area (Å²) in [7, 11) is 0. The van der Waals surface area contributed by atoms with Gasteiger partial charge in [-0.2, -0.15) is 0 Å². The maximum absolute atomic E-state index is 13.3. The molecule has 1 heterocycles. The summed E-state index contributed by atoms with van der Waals surface area (Å²) in [6, 6.07) is 26.5. The van der Waals surface area contributed by atoms with E-state index in [0.29, 0.717) is 6.54 Å². The fourth-order valence-corrected chi connectivity index (χ4v) is 4.56. The van der Waals surface area contributed by atoms with Gasteiger partial charge in [-0.25, -0.2) is 0 Å². The van der Waals surface area contributed by atoms with Crippen LogP contribution in [0.25, 0.3) is 9.15 Å². The molecule has 1 amide bonds. The molecule has 0 saturated carbocycles. The molecule has 0 aliphatic carbocycles. The van der Waals surface area contributed by atoms with E-state index < -0.39 is 0 Å². The van der Waals surface area contributed by atoms with Crippen molar-refractivity contribution in [3.8, 4) is 0 Å². The minimum Gasteiger partial charge on any atom is -0.308 e. The first-order valence-corrected chi connectivity index (χ1v) is 9.76. The average Bonchev–Trinajstić information content (AvgIpc) is 2.70. The molecule has 0 aromatic heterocycles. The molecule has 1 aliphatic rings. The molecule has 0 unspecified atom stereocenters. The molecular weight excluding hydrogens is 433 g/mol. The smallest absolute Gasteiger partial charge is 0.258 e. The van der Waals surface area contributed by atoms with Crippen molar-refractivity contribution in [2.45, 2.75) is 6.92 Å².